The standard InChI is InChI=1S/C15H19BrN2S/c1-18(9-13-8-15(16)19-11-13)10-14(17)7-12-5-3-2-4-6-12/h2-6,8,11,14H,7,9-10,17H2,1H3. The van der Waals surface area contributed by atoms with Crippen LogP contribution in [0.2, 0.25) is 0 Å². The molecule has 0 saturated carbocycles. The maximum absolute atomic E-state index is 6.22. The third kappa shape index (κ3) is 5.07. The average molecular weight is 339 g/mol. The van der Waals surface area contributed by atoms with Crippen molar-refractivity contribution in [1.29, 1.82) is 0 Å². The molecule has 4 heteroatoms. The van der Waals surface area contributed by atoms with E-state index < -0.39 is 0 Å². The largest absolute Gasteiger partial charge is 0.326 e. The van der Waals surface area contributed by atoms with Crippen LogP contribution in [-0.2, 0) is 13.0 Å². The Hall–Kier alpha value is -0.680. The molecule has 102 valence electrons. The van der Waals surface area contributed by atoms with Gasteiger partial charge < -0.3 is 10.6 Å². The molecule has 0 bridgehead atoms. The molecule has 0 radical (unpaired) electrons. The third-order valence-electron chi connectivity index (χ3n) is 2.96. The van der Waals surface area contributed by atoms with Crippen LogP contribution < -0.4 is 5.73 Å². The molecule has 0 aliphatic rings. The molecule has 0 aliphatic carbocycles. The number of nitrogens with zero attached hydrogens (tertiary/aromatic N) is 1. The van der Waals surface area contributed by atoms with Crippen molar-refractivity contribution in [2.24, 2.45) is 5.73 Å². The van der Waals surface area contributed by atoms with Gasteiger partial charge in [0.05, 0.1) is 3.79 Å². The van der Waals surface area contributed by atoms with E-state index in [-0.39, 0.29) is 6.04 Å². The van der Waals surface area contributed by atoms with E-state index >= 15 is 0 Å². The summed E-state index contributed by atoms with van der Waals surface area (Å²) in [5.74, 6) is 0. The lowest BCUT2D eigenvalue weighted by Gasteiger charge is -2.20. The Bertz CT molecular complexity index is 498. The van der Waals surface area contributed by atoms with Crippen LogP contribution in [0.25, 0.3) is 0 Å². The van der Waals surface area contributed by atoms with E-state index in [9.17, 15) is 0 Å². The van der Waals surface area contributed by atoms with Gasteiger partial charge in [-0.3, -0.25) is 0 Å². The molecular formula is C15H19BrN2S. The minimum absolute atomic E-state index is 0.175. The third-order valence-corrected chi connectivity index (χ3v) is 4.51. The number of thiophene rings is 1. The Morgan fingerprint density at radius 1 is 1.26 bits per heavy atom. The first kappa shape index (κ1) is 14.7. The highest BCUT2D eigenvalue weighted by atomic mass is 79.9. The maximum atomic E-state index is 6.22. The van der Waals surface area contributed by atoms with E-state index in [2.05, 4.69) is 63.6 Å². The van der Waals surface area contributed by atoms with Crippen molar-refractivity contribution >= 4 is 27.3 Å². The molecule has 19 heavy (non-hydrogen) atoms. The second-order valence-electron chi connectivity index (χ2n) is 4.91. The van der Waals surface area contributed by atoms with Crippen LogP contribution in [0, 0.1) is 0 Å². The first-order valence-corrected chi connectivity index (χ1v) is 8.01. The van der Waals surface area contributed by atoms with Crippen LogP contribution in [-0.4, -0.2) is 24.5 Å². The summed E-state index contributed by atoms with van der Waals surface area (Å²) in [7, 11) is 2.12. The predicted octanol–water partition coefficient (Wildman–Crippen LogP) is 3.51. The molecule has 0 saturated heterocycles. The zero-order valence-corrected chi connectivity index (χ0v) is 13.5. The summed E-state index contributed by atoms with van der Waals surface area (Å²) in [5, 5.41) is 2.18. The Balaban J connectivity index is 1.80. The van der Waals surface area contributed by atoms with Crippen LogP contribution in [0.15, 0.2) is 45.6 Å². The SMILES string of the molecule is CN(Cc1csc(Br)c1)CC(N)Cc1ccccc1. The molecule has 1 aromatic heterocycles. The van der Waals surface area contributed by atoms with Crippen molar-refractivity contribution in [1.82, 2.24) is 4.90 Å². The van der Waals surface area contributed by atoms with E-state index in [0.717, 1.165) is 19.5 Å². The summed E-state index contributed by atoms with van der Waals surface area (Å²) < 4.78 is 1.18. The predicted molar refractivity (Wildman–Crippen MR) is 86.5 cm³/mol. The summed E-state index contributed by atoms with van der Waals surface area (Å²) in [4.78, 5) is 2.28. The minimum Gasteiger partial charge on any atom is -0.326 e. The number of hydrogen-bond donors (Lipinski definition) is 1. The molecule has 2 nitrogen and oxygen atoms in total. The Labute approximate surface area is 127 Å². The molecule has 0 fully saturated rings. The smallest absolute Gasteiger partial charge is 0.0701 e. The van der Waals surface area contributed by atoms with Gasteiger partial charge in [-0.2, -0.15) is 0 Å². The Morgan fingerprint density at radius 2 is 2.00 bits per heavy atom. The highest BCUT2D eigenvalue weighted by Gasteiger charge is 2.09. The number of hydrogen-bond acceptors (Lipinski definition) is 3. The minimum atomic E-state index is 0.175. The van der Waals surface area contributed by atoms with E-state index in [1.807, 2.05) is 6.07 Å². The first-order valence-electron chi connectivity index (χ1n) is 6.34. The fraction of sp³-hybridized carbons (Fsp3) is 0.333. The second kappa shape index (κ2) is 7.20. The molecule has 0 amide bonds. The lowest BCUT2D eigenvalue weighted by molar-refractivity contribution is 0.303. The van der Waals surface area contributed by atoms with Crippen molar-refractivity contribution in [2.75, 3.05) is 13.6 Å². The van der Waals surface area contributed by atoms with E-state index in [0.29, 0.717) is 0 Å². The van der Waals surface area contributed by atoms with Crippen LogP contribution >= 0.6 is 27.3 Å². The number of halogens is 1. The van der Waals surface area contributed by atoms with Gasteiger partial charge >= 0.3 is 0 Å². The molecule has 0 spiro atoms. The van der Waals surface area contributed by atoms with Gasteiger partial charge in [-0.25, -0.2) is 0 Å². The van der Waals surface area contributed by atoms with Gasteiger partial charge in [0.1, 0.15) is 0 Å². The number of nitrogens with two attached hydrogens (primary N) is 1. The summed E-state index contributed by atoms with van der Waals surface area (Å²) >= 11 is 5.22. The van der Waals surface area contributed by atoms with Crippen molar-refractivity contribution in [2.45, 2.75) is 19.0 Å². The van der Waals surface area contributed by atoms with Crippen LogP contribution in [0.3, 0.4) is 0 Å². The molecule has 2 N–H and O–H groups in total. The van der Waals surface area contributed by atoms with Crippen LogP contribution in [0.1, 0.15) is 11.1 Å². The summed E-state index contributed by atoms with van der Waals surface area (Å²) in [6, 6.07) is 12.8. The van der Waals surface area contributed by atoms with Gasteiger partial charge in [-0.05, 0) is 52.0 Å². The Kier molecular flexibility index (Phi) is 5.58. The van der Waals surface area contributed by atoms with Gasteiger partial charge in [-0.15, -0.1) is 11.3 Å². The van der Waals surface area contributed by atoms with Gasteiger partial charge in [-0.1, -0.05) is 30.3 Å². The topological polar surface area (TPSA) is 29.3 Å². The highest BCUT2D eigenvalue weighted by molar-refractivity contribution is 9.11. The molecule has 2 rings (SSSR count). The molecule has 1 aromatic carbocycles. The maximum Gasteiger partial charge on any atom is 0.0701 e. The number of benzene rings is 1. The molecule has 2 aromatic rings. The van der Waals surface area contributed by atoms with Crippen molar-refractivity contribution in [3.05, 3.63) is 56.7 Å². The fourth-order valence-electron chi connectivity index (χ4n) is 2.19. The van der Waals surface area contributed by atoms with Crippen molar-refractivity contribution in [3.63, 3.8) is 0 Å². The highest BCUT2D eigenvalue weighted by Crippen LogP contribution is 2.21. The zero-order chi connectivity index (χ0) is 13.7. The normalized spacial score (nSPS) is 12.8. The van der Waals surface area contributed by atoms with Crippen LogP contribution in [0.4, 0.5) is 0 Å². The van der Waals surface area contributed by atoms with Gasteiger partial charge in [0.2, 0.25) is 0 Å². The monoisotopic (exact) mass is 338 g/mol. The summed E-state index contributed by atoms with van der Waals surface area (Å²) in [6.45, 7) is 1.85. The second-order valence-corrected chi connectivity index (χ2v) is 7.20. The van der Waals surface area contributed by atoms with Crippen molar-refractivity contribution < 1.29 is 0 Å². The lowest BCUT2D eigenvalue weighted by Crippen LogP contribution is -2.36. The van der Waals surface area contributed by atoms with Gasteiger partial charge in [0.15, 0.2) is 0 Å². The first-order chi connectivity index (χ1) is 9.13. The van der Waals surface area contributed by atoms with E-state index in [1.54, 1.807) is 11.3 Å². The molecule has 0 aliphatic heterocycles. The quantitative estimate of drug-likeness (QED) is 0.873. The Morgan fingerprint density at radius 3 is 2.63 bits per heavy atom. The summed E-state index contributed by atoms with van der Waals surface area (Å²) in [5.41, 5.74) is 8.86. The molecule has 1 heterocycles. The number of rotatable bonds is 6. The van der Waals surface area contributed by atoms with Crippen LogP contribution in [0.5, 0.6) is 0 Å². The fourth-order valence-corrected chi connectivity index (χ4v) is 3.39. The van der Waals surface area contributed by atoms with Crippen molar-refractivity contribution in [3.8, 4) is 0 Å². The molecular weight excluding hydrogens is 320 g/mol. The van der Waals surface area contributed by atoms with E-state index in [4.69, 9.17) is 5.73 Å². The van der Waals surface area contributed by atoms with Gasteiger partial charge in [0.25, 0.3) is 0 Å². The average Bonchev–Trinajstić information content (AvgIpc) is 2.75. The summed E-state index contributed by atoms with van der Waals surface area (Å²) in [6.07, 6.45) is 0.929. The zero-order valence-electron chi connectivity index (χ0n) is 11.1. The van der Waals surface area contributed by atoms with Gasteiger partial charge in [0, 0.05) is 19.1 Å². The van der Waals surface area contributed by atoms with E-state index in [1.165, 1.54) is 14.9 Å². The molecule has 1 atom stereocenters. The number of likely N-dealkylation sites (N-methyl/N-ethyl adjacent to an activating group) is 1. The molecule has 1 unspecified atom stereocenters. The lowest BCUT2D eigenvalue weighted by atomic mass is 10.1.